The van der Waals surface area contributed by atoms with Gasteiger partial charge in [0, 0.05) is 23.5 Å². The quantitative estimate of drug-likeness (QED) is 0.409. The molecule has 0 bridgehead atoms. The van der Waals surface area contributed by atoms with Crippen LogP contribution in [0, 0.1) is 10.1 Å². The van der Waals surface area contributed by atoms with Crippen LogP contribution in [0.3, 0.4) is 0 Å². The van der Waals surface area contributed by atoms with Crippen LogP contribution in [0.25, 0.3) is 5.57 Å². The summed E-state index contributed by atoms with van der Waals surface area (Å²) >= 11 is 0. The van der Waals surface area contributed by atoms with Crippen molar-refractivity contribution in [3.05, 3.63) is 87.3 Å². The van der Waals surface area contributed by atoms with Gasteiger partial charge in [0.2, 0.25) is 0 Å². The molecule has 0 saturated heterocycles. The van der Waals surface area contributed by atoms with Gasteiger partial charge in [-0.25, -0.2) is 10.1 Å². The number of hydrogen-bond acceptors (Lipinski definition) is 7. The Bertz CT molecular complexity index is 985. The van der Waals surface area contributed by atoms with Gasteiger partial charge in [-0.05, 0) is 24.0 Å². The Hall–Kier alpha value is -3.88. The molecule has 1 aliphatic rings. The number of nitrogens with zero attached hydrogens (tertiary/aromatic N) is 2. The highest BCUT2D eigenvalue weighted by atomic mass is 16.6. The zero-order chi connectivity index (χ0) is 20.3. The van der Waals surface area contributed by atoms with E-state index in [1.807, 2.05) is 0 Å². The van der Waals surface area contributed by atoms with Crippen LogP contribution in [0.2, 0.25) is 0 Å². The van der Waals surface area contributed by atoms with Crippen LogP contribution in [-0.4, -0.2) is 28.1 Å². The van der Waals surface area contributed by atoms with Crippen LogP contribution in [0.15, 0.2) is 66.1 Å². The number of hydrogen-bond donors (Lipinski definition) is 3. The highest BCUT2D eigenvalue weighted by Gasteiger charge is 2.35. The largest absolute Gasteiger partial charge is 0.501 e. The molecule has 0 fully saturated rings. The second kappa shape index (κ2) is 7.78. The van der Waals surface area contributed by atoms with E-state index in [1.54, 1.807) is 49.5 Å². The summed E-state index contributed by atoms with van der Waals surface area (Å²) in [6.45, 7) is 1.64. The first-order valence-corrected chi connectivity index (χ1v) is 8.33. The van der Waals surface area contributed by atoms with Crippen molar-refractivity contribution < 1.29 is 19.6 Å². The molecule has 0 aliphatic carbocycles. The highest BCUT2D eigenvalue weighted by Crippen LogP contribution is 2.35. The third-order valence-electron chi connectivity index (χ3n) is 4.34. The van der Waals surface area contributed by atoms with Gasteiger partial charge < -0.3 is 25.3 Å². The number of aromatic nitrogens is 1. The minimum atomic E-state index is -1.20. The molecule has 3 N–H and O–H groups in total. The fourth-order valence-electron chi connectivity index (χ4n) is 3.00. The second-order valence-electron chi connectivity index (χ2n) is 5.99. The van der Waals surface area contributed by atoms with Gasteiger partial charge in [0.1, 0.15) is 17.1 Å². The van der Waals surface area contributed by atoms with Crippen molar-refractivity contribution in [1.29, 1.82) is 0 Å². The average molecular weight is 382 g/mol. The summed E-state index contributed by atoms with van der Waals surface area (Å²) < 4.78 is 5.34. The number of rotatable bonds is 5. The maximum Gasteiger partial charge on any atom is 0.345 e. The summed E-state index contributed by atoms with van der Waals surface area (Å²) in [6, 6.07) is 8.73. The number of methoxy groups -OCH3 is 1. The minimum absolute atomic E-state index is 0.000880. The summed E-state index contributed by atoms with van der Waals surface area (Å²) in [4.78, 5) is 27.3. The van der Waals surface area contributed by atoms with Gasteiger partial charge in [-0.2, -0.15) is 0 Å². The molecule has 0 saturated carbocycles. The van der Waals surface area contributed by atoms with Crippen molar-refractivity contribution in [1.82, 2.24) is 10.3 Å². The minimum Gasteiger partial charge on any atom is -0.501 e. The Morgan fingerprint density at radius 1 is 1.29 bits per heavy atom. The van der Waals surface area contributed by atoms with Gasteiger partial charge >= 0.3 is 11.8 Å². The Labute approximate surface area is 160 Å². The lowest BCUT2D eigenvalue weighted by Gasteiger charge is -2.19. The average Bonchev–Trinajstić information content (AvgIpc) is 2.86. The maximum atomic E-state index is 11.9. The lowest BCUT2D eigenvalue weighted by Crippen LogP contribution is -2.29. The molecule has 28 heavy (non-hydrogen) atoms. The zero-order valence-corrected chi connectivity index (χ0v) is 15.2. The number of ether oxygens (including phenoxy) is 1. The predicted octanol–water partition coefficient (Wildman–Crippen LogP) is 2.75. The summed E-state index contributed by atoms with van der Waals surface area (Å²) in [6.07, 6.45) is 3.10. The Morgan fingerprint density at radius 2 is 2.04 bits per heavy atom. The Kier molecular flexibility index (Phi) is 5.25. The number of carboxylic acids is 1. The van der Waals surface area contributed by atoms with E-state index in [4.69, 9.17) is 4.74 Å². The molecule has 0 spiro atoms. The number of nitrogens with one attached hydrogen (secondary N) is 2. The number of aliphatic carboxylic acids is 1. The van der Waals surface area contributed by atoms with Crippen LogP contribution in [0.5, 0.6) is 0 Å². The first kappa shape index (κ1) is 18.9. The van der Waals surface area contributed by atoms with Gasteiger partial charge in [0.15, 0.2) is 6.04 Å². The van der Waals surface area contributed by atoms with Gasteiger partial charge in [-0.1, -0.05) is 24.3 Å². The molecule has 1 atom stereocenters. The monoisotopic (exact) mass is 382 g/mol. The van der Waals surface area contributed by atoms with Gasteiger partial charge in [0.05, 0.1) is 12.7 Å². The molecule has 0 radical (unpaired) electrons. The standard InChI is InChI=1S/C19H18N4O5/c1-11(28-2)15(12-6-5-9-20-10-12)17-18(23(26)27)21-14-8-4-3-7-13(14)16(22-17)19(24)25/h3-10,16,21-22H,1-2H3,(H,24,25)/b15-11-/t16-/m0/s1. The number of allylic oxidation sites excluding steroid dienone is 2. The molecular weight excluding hydrogens is 364 g/mol. The third kappa shape index (κ3) is 3.50. The van der Waals surface area contributed by atoms with Crippen LogP contribution >= 0.6 is 0 Å². The molecule has 3 rings (SSSR count). The lowest BCUT2D eigenvalue weighted by atomic mass is 10.0. The SMILES string of the molecule is CO/C(C)=C(\C1=C([N+](=O)[O-])Nc2ccccc2[C@@H](C(=O)O)N1)c1cccnc1. The first-order chi connectivity index (χ1) is 13.4. The summed E-state index contributed by atoms with van der Waals surface area (Å²) in [5.74, 6) is -1.19. The van der Waals surface area contributed by atoms with E-state index < -0.39 is 16.9 Å². The van der Waals surface area contributed by atoms with Gasteiger partial charge in [-0.3, -0.25) is 4.98 Å². The van der Waals surface area contributed by atoms with Crippen molar-refractivity contribution >= 4 is 17.2 Å². The number of pyridine rings is 1. The molecular formula is C19H18N4O5. The molecule has 9 heteroatoms. The van der Waals surface area contributed by atoms with E-state index in [0.29, 0.717) is 28.1 Å². The van der Waals surface area contributed by atoms with E-state index in [9.17, 15) is 20.0 Å². The van der Waals surface area contributed by atoms with E-state index in [2.05, 4.69) is 15.6 Å². The molecule has 1 aromatic carbocycles. The summed E-state index contributed by atoms with van der Waals surface area (Å²) in [5.41, 5.74) is 1.60. The summed E-state index contributed by atoms with van der Waals surface area (Å²) in [7, 11) is 1.44. The number of nitro groups is 1. The molecule has 0 unspecified atom stereocenters. The van der Waals surface area contributed by atoms with E-state index >= 15 is 0 Å². The van der Waals surface area contributed by atoms with Gasteiger partial charge in [-0.15, -0.1) is 0 Å². The van der Waals surface area contributed by atoms with Crippen molar-refractivity contribution in [2.75, 3.05) is 12.4 Å². The number of carboxylic acid groups (broad SMARTS) is 1. The second-order valence-corrected chi connectivity index (χ2v) is 5.99. The van der Waals surface area contributed by atoms with Crippen molar-refractivity contribution in [2.45, 2.75) is 13.0 Å². The smallest absolute Gasteiger partial charge is 0.345 e. The highest BCUT2D eigenvalue weighted by molar-refractivity contribution is 5.85. The van der Waals surface area contributed by atoms with Crippen molar-refractivity contribution in [3.63, 3.8) is 0 Å². The van der Waals surface area contributed by atoms with Crippen LogP contribution in [0.4, 0.5) is 5.69 Å². The summed E-state index contributed by atoms with van der Waals surface area (Å²) in [5, 5.41) is 27.2. The molecule has 9 nitrogen and oxygen atoms in total. The number of carbonyl (C=O) groups is 1. The maximum absolute atomic E-state index is 11.9. The van der Waals surface area contributed by atoms with Crippen LogP contribution in [0.1, 0.15) is 24.1 Å². The molecule has 1 aliphatic heterocycles. The fraction of sp³-hybridized carbons (Fsp3) is 0.158. The van der Waals surface area contributed by atoms with Crippen LogP contribution in [-0.2, 0) is 9.53 Å². The third-order valence-corrected chi connectivity index (χ3v) is 4.34. The number of benzene rings is 1. The van der Waals surface area contributed by atoms with E-state index in [-0.39, 0.29) is 11.5 Å². The normalized spacial score (nSPS) is 16.7. The van der Waals surface area contributed by atoms with E-state index in [1.165, 1.54) is 13.3 Å². The number of para-hydroxylation sites is 1. The Morgan fingerprint density at radius 3 is 2.64 bits per heavy atom. The topological polar surface area (TPSA) is 127 Å². The van der Waals surface area contributed by atoms with Crippen molar-refractivity contribution in [3.8, 4) is 0 Å². The number of anilines is 1. The number of fused-ring (bicyclic) bond motifs is 1. The fourth-order valence-corrected chi connectivity index (χ4v) is 3.00. The molecule has 2 heterocycles. The van der Waals surface area contributed by atoms with Crippen molar-refractivity contribution in [2.24, 2.45) is 0 Å². The molecule has 1 aromatic heterocycles. The lowest BCUT2D eigenvalue weighted by molar-refractivity contribution is -0.423. The molecule has 0 amide bonds. The van der Waals surface area contributed by atoms with E-state index in [0.717, 1.165) is 0 Å². The molecule has 2 aromatic rings. The van der Waals surface area contributed by atoms with Crippen LogP contribution < -0.4 is 10.6 Å². The Balaban J connectivity index is 2.29. The predicted molar refractivity (Wildman–Crippen MR) is 101 cm³/mol. The molecule has 144 valence electrons. The first-order valence-electron chi connectivity index (χ1n) is 8.33. The van der Waals surface area contributed by atoms with Gasteiger partial charge in [0.25, 0.3) is 0 Å². The zero-order valence-electron chi connectivity index (χ0n) is 15.2.